The normalized spacial score (nSPS) is 28.7. The van der Waals surface area contributed by atoms with E-state index in [9.17, 15) is 22.4 Å². The van der Waals surface area contributed by atoms with E-state index in [1.165, 1.54) is 6.07 Å². The average molecular weight is 329 g/mol. The third-order valence-electron chi connectivity index (χ3n) is 5.27. The molecule has 2 saturated heterocycles. The van der Waals surface area contributed by atoms with Crippen LogP contribution in [0.4, 0.5) is 17.6 Å². The van der Waals surface area contributed by atoms with Crippen molar-refractivity contribution in [2.45, 2.75) is 50.4 Å². The molecule has 1 aromatic carbocycles. The maximum Gasteiger partial charge on any atom is 0.419 e. The molecule has 2 atom stereocenters. The molecule has 23 heavy (non-hydrogen) atoms. The van der Waals surface area contributed by atoms with E-state index in [0.29, 0.717) is 12.8 Å². The summed E-state index contributed by atoms with van der Waals surface area (Å²) >= 11 is 0. The Labute approximate surface area is 132 Å². The molecular formula is C17H19F4NO. The number of fused-ring (bicyclic) bond motifs is 2. The molecule has 0 amide bonds. The van der Waals surface area contributed by atoms with Crippen molar-refractivity contribution >= 4 is 5.78 Å². The smallest absolute Gasteiger partial charge is 0.300 e. The van der Waals surface area contributed by atoms with Gasteiger partial charge < -0.3 is 4.90 Å². The maximum absolute atomic E-state index is 13.7. The van der Waals surface area contributed by atoms with Gasteiger partial charge in [-0.3, -0.25) is 4.79 Å². The van der Waals surface area contributed by atoms with E-state index in [0.717, 1.165) is 31.4 Å². The van der Waals surface area contributed by atoms with Gasteiger partial charge in [0.25, 0.3) is 0 Å². The van der Waals surface area contributed by atoms with Crippen LogP contribution in [-0.2, 0) is 6.18 Å². The summed E-state index contributed by atoms with van der Waals surface area (Å²) < 4.78 is 53.1. The number of hydrogen-bond acceptors (Lipinski definition) is 2. The van der Waals surface area contributed by atoms with E-state index < -0.39 is 34.8 Å². The van der Waals surface area contributed by atoms with Crippen LogP contribution in [0.15, 0.2) is 18.2 Å². The quantitative estimate of drug-likeness (QED) is 0.596. The molecule has 0 aromatic heterocycles. The lowest BCUT2D eigenvalue weighted by Gasteiger charge is -2.46. The molecule has 0 aliphatic carbocycles. The van der Waals surface area contributed by atoms with Crippen LogP contribution in [0.25, 0.3) is 0 Å². The summed E-state index contributed by atoms with van der Waals surface area (Å²) in [6.07, 6.45) is -0.733. The largest absolute Gasteiger partial charge is 0.419 e. The van der Waals surface area contributed by atoms with Gasteiger partial charge in [0.1, 0.15) is 11.4 Å². The minimum Gasteiger partial charge on any atom is -0.300 e. The van der Waals surface area contributed by atoms with E-state index in [1.807, 2.05) is 7.05 Å². The molecule has 0 spiro atoms. The zero-order chi connectivity index (χ0) is 16.8. The number of Topliss-reactive ketones (excluding diaryl/α,β-unsaturated/α-hetero) is 1. The molecule has 6 heteroatoms. The molecule has 0 saturated carbocycles. The number of piperidine rings is 2. The second-order valence-corrected chi connectivity index (χ2v) is 6.60. The third-order valence-corrected chi connectivity index (χ3v) is 5.27. The first-order valence-electron chi connectivity index (χ1n) is 7.91. The number of rotatable bonds is 2. The van der Waals surface area contributed by atoms with E-state index in [4.69, 9.17) is 0 Å². The molecular weight excluding hydrogens is 310 g/mol. The number of halogens is 4. The predicted octanol–water partition coefficient (Wildman–Crippen LogP) is 4.29. The Morgan fingerprint density at radius 1 is 1.17 bits per heavy atom. The zero-order valence-electron chi connectivity index (χ0n) is 12.9. The average Bonchev–Trinajstić information content (AvgIpc) is 2.44. The van der Waals surface area contributed by atoms with Crippen molar-refractivity contribution in [3.05, 3.63) is 35.1 Å². The van der Waals surface area contributed by atoms with Gasteiger partial charge in [-0.1, -0.05) is 18.6 Å². The molecule has 2 aliphatic rings. The van der Waals surface area contributed by atoms with Gasteiger partial charge in [0, 0.05) is 23.6 Å². The van der Waals surface area contributed by atoms with Gasteiger partial charge in [-0.2, -0.15) is 13.2 Å². The van der Waals surface area contributed by atoms with Crippen molar-refractivity contribution in [2.24, 2.45) is 5.92 Å². The summed E-state index contributed by atoms with van der Waals surface area (Å²) in [5, 5.41) is 0. The van der Waals surface area contributed by atoms with Gasteiger partial charge in [0.05, 0.1) is 0 Å². The third kappa shape index (κ3) is 3.01. The van der Waals surface area contributed by atoms with Crippen LogP contribution in [0.2, 0.25) is 0 Å². The second-order valence-electron chi connectivity index (χ2n) is 6.60. The molecule has 1 aromatic rings. The van der Waals surface area contributed by atoms with Gasteiger partial charge in [-0.25, -0.2) is 4.39 Å². The summed E-state index contributed by atoms with van der Waals surface area (Å²) in [5.74, 6) is -2.40. The van der Waals surface area contributed by atoms with E-state index >= 15 is 0 Å². The molecule has 2 aliphatic heterocycles. The fourth-order valence-electron chi connectivity index (χ4n) is 4.07. The highest BCUT2D eigenvalue weighted by Gasteiger charge is 2.43. The molecule has 2 nitrogen and oxygen atoms in total. The van der Waals surface area contributed by atoms with E-state index in [-0.39, 0.29) is 12.1 Å². The van der Waals surface area contributed by atoms with Crippen molar-refractivity contribution in [3.8, 4) is 0 Å². The molecule has 3 rings (SSSR count). The van der Waals surface area contributed by atoms with Gasteiger partial charge in [-0.05, 0) is 38.8 Å². The molecule has 2 unspecified atom stereocenters. The fraction of sp³-hybridized carbons (Fsp3) is 0.588. The van der Waals surface area contributed by atoms with Crippen LogP contribution in [0, 0.1) is 11.7 Å². The topological polar surface area (TPSA) is 20.3 Å². The first kappa shape index (κ1) is 16.4. The van der Waals surface area contributed by atoms with Crippen molar-refractivity contribution in [1.29, 1.82) is 0 Å². The lowest BCUT2D eigenvalue weighted by molar-refractivity contribution is -0.140. The van der Waals surface area contributed by atoms with E-state index in [2.05, 4.69) is 4.90 Å². The Morgan fingerprint density at radius 3 is 2.35 bits per heavy atom. The van der Waals surface area contributed by atoms with Gasteiger partial charge in [0.15, 0.2) is 5.78 Å². The molecule has 126 valence electrons. The van der Waals surface area contributed by atoms with E-state index in [1.54, 1.807) is 0 Å². The zero-order valence-corrected chi connectivity index (χ0v) is 12.9. The molecule has 2 heterocycles. The van der Waals surface area contributed by atoms with Crippen LogP contribution in [-0.4, -0.2) is 29.8 Å². The fourth-order valence-corrected chi connectivity index (χ4v) is 4.07. The second kappa shape index (κ2) is 5.89. The minimum absolute atomic E-state index is 0.236. The number of benzene rings is 1. The minimum atomic E-state index is -4.86. The number of ketones is 1. The number of nitrogens with zero attached hydrogens (tertiary/aromatic N) is 1. The summed E-state index contributed by atoms with van der Waals surface area (Å²) in [5.41, 5.74) is -1.95. The Kier molecular flexibility index (Phi) is 4.21. The van der Waals surface area contributed by atoms with Crippen molar-refractivity contribution < 1.29 is 22.4 Å². The molecule has 2 bridgehead atoms. The Balaban J connectivity index is 1.91. The lowest BCUT2D eigenvalue weighted by atomic mass is 9.75. The van der Waals surface area contributed by atoms with Gasteiger partial charge in [0.2, 0.25) is 0 Å². The van der Waals surface area contributed by atoms with Crippen LogP contribution >= 0.6 is 0 Å². The van der Waals surface area contributed by atoms with Gasteiger partial charge in [-0.15, -0.1) is 0 Å². The number of alkyl halides is 3. The number of carbonyl (C=O) groups excluding carboxylic acids is 1. The first-order chi connectivity index (χ1) is 10.8. The Hall–Kier alpha value is -1.43. The summed E-state index contributed by atoms with van der Waals surface area (Å²) in [6, 6.07) is 3.50. The van der Waals surface area contributed by atoms with Crippen molar-refractivity contribution in [1.82, 2.24) is 4.90 Å². The Bertz CT molecular complexity index is 599. The van der Waals surface area contributed by atoms with Gasteiger partial charge >= 0.3 is 6.18 Å². The maximum atomic E-state index is 13.7. The summed E-state index contributed by atoms with van der Waals surface area (Å²) in [6.45, 7) is 0. The highest BCUT2D eigenvalue weighted by molar-refractivity contribution is 5.99. The van der Waals surface area contributed by atoms with Crippen LogP contribution in [0.3, 0.4) is 0 Å². The van der Waals surface area contributed by atoms with Crippen LogP contribution < -0.4 is 0 Å². The predicted molar refractivity (Wildman–Crippen MR) is 77.6 cm³/mol. The highest BCUT2D eigenvalue weighted by atomic mass is 19.4. The summed E-state index contributed by atoms with van der Waals surface area (Å²) in [7, 11) is 2.01. The SMILES string of the molecule is CN1C2CCCC1CC(C(=O)c1cccc(F)c1C(F)(F)F)C2. The van der Waals surface area contributed by atoms with Crippen LogP contribution in [0.5, 0.6) is 0 Å². The van der Waals surface area contributed by atoms with Crippen molar-refractivity contribution in [2.75, 3.05) is 7.05 Å². The number of carbonyl (C=O) groups is 1. The number of hydrogen-bond donors (Lipinski definition) is 0. The van der Waals surface area contributed by atoms with Crippen molar-refractivity contribution in [3.63, 3.8) is 0 Å². The molecule has 0 N–H and O–H groups in total. The standard InChI is InChI=1S/C17H19F4NO/c1-22-11-4-2-5-12(22)9-10(8-11)16(23)13-6-3-7-14(18)15(13)17(19,20)21/h3,6-7,10-12H,2,4-5,8-9H2,1H3. The van der Waals surface area contributed by atoms with Crippen LogP contribution in [0.1, 0.15) is 48.0 Å². The monoisotopic (exact) mass is 329 g/mol. The lowest BCUT2D eigenvalue weighted by Crippen LogP contribution is -2.51. The highest BCUT2D eigenvalue weighted by Crippen LogP contribution is 2.40. The molecule has 0 radical (unpaired) electrons. The molecule has 2 fully saturated rings. The summed E-state index contributed by atoms with van der Waals surface area (Å²) in [4.78, 5) is 14.9. The Morgan fingerprint density at radius 2 is 1.78 bits per heavy atom. The first-order valence-corrected chi connectivity index (χ1v) is 7.91.